The van der Waals surface area contributed by atoms with Crippen LogP contribution in [0.2, 0.25) is 0 Å². The Morgan fingerprint density at radius 3 is 1.90 bits per heavy atom. The number of nitrogens with zero attached hydrogens (tertiary/aromatic N) is 3. The lowest BCUT2D eigenvalue weighted by molar-refractivity contribution is 0.668. The minimum Gasteiger partial charge on any atom is -0.456 e. The van der Waals surface area contributed by atoms with Crippen molar-refractivity contribution in [2.24, 2.45) is 0 Å². The van der Waals surface area contributed by atoms with Crippen molar-refractivity contribution in [2.45, 2.75) is 0 Å². The van der Waals surface area contributed by atoms with Gasteiger partial charge < -0.3 is 8.83 Å². The first-order chi connectivity index (χ1) is 27.3. The average Bonchev–Trinajstić information content (AvgIpc) is 3.83. The Morgan fingerprint density at radius 1 is 0.400 bits per heavy atom. The van der Waals surface area contributed by atoms with Crippen LogP contribution in [-0.4, -0.2) is 15.0 Å². The summed E-state index contributed by atoms with van der Waals surface area (Å²) < 4.78 is 67.5. The molecule has 0 saturated heterocycles. The first kappa shape index (κ1) is 22.7. The molecule has 0 bridgehead atoms. The molecule has 0 N–H and O–H groups in total. The van der Waals surface area contributed by atoms with Crippen molar-refractivity contribution in [2.75, 3.05) is 0 Å². The standard InChI is InChI=1S/C45H27N3O2/c1-3-12-28(13-4-1)30-16-9-17-31(26-30)33-19-10-22-38-41(33)35-25-24-32(27-40(35)50-38)44-46-43(29-14-5-2-6-15-29)47-45(48-44)36-20-11-23-39-42(36)34-18-7-8-21-37(34)49-39/h1-27H/i10D,19D,22D,24D,25D,27D. The van der Waals surface area contributed by atoms with Crippen LogP contribution in [0, 0.1) is 0 Å². The van der Waals surface area contributed by atoms with Crippen molar-refractivity contribution in [3.8, 4) is 56.4 Å². The maximum absolute atomic E-state index is 9.54. The van der Waals surface area contributed by atoms with Gasteiger partial charge in [0.25, 0.3) is 0 Å². The molecule has 0 unspecified atom stereocenters. The molecule has 0 aliphatic heterocycles. The highest BCUT2D eigenvalue weighted by molar-refractivity contribution is 6.13. The van der Waals surface area contributed by atoms with E-state index in [2.05, 4.69) is 0 Å². The zero-order chi connectivity index (χ0) is 38.2. The van der Waals surface area contributed by atoms with Crippen LogP contribution < -0.4 is 0 Å². The summed E-state index contributed by atoms with van der Waals surface area (Å²) in [6.07, 6.45) is 0. The summed E-state index contributed by atoms with van der Waals surface area (Å²) in [6, 6.07) is 38.1. The van der Waals surface area contributed by atoms with E-state index in [4.69, 9.17) is 27.9 Å². The SMILES string of the molecule is [2H]c1c([2H])c(-c2cccc(-c3ccccc3)c2)c2c(oc3c([2H])c(-c4nc(-c5ccccc5)nc(-c5cccc6oc7ccccc7c56)n4)c([2H])c([2H])c32)c1[2H]. The van der Waals surface area contributed by atoms with Gasteiger partial charge in [0, 0.05) is 38.2 Å². The van der Waals surface area contributed by atoms with Crippen LogP contribution in [0.5, 0.6) is 0 Å². The van der Waals surface area contributed by atoms with Gasteiger partial charge in [-0.1, -0.05) is 127 Å². The monoisotopic (exact) mass is 647 g/mol. The molecule has 0 aliphatic carbocycles. The van der Waals surface area contributed by atoms with Crippen molar-refractivity contribution in [1.82, 2.24) is 15.0 Å². The largest absolute Gasteiger partial charge is 0.456 e. The molecular formula is C45H27N3O2. The molecule has 0 atom stereocenters. The minimum atomic E-state index is -0.350. The van der Waals surface area contributed by atoms with Gasteiger partial charge in [-0.3, -0.25) is 0 Å². The molecule has 10 aromatic rings. The van der Waals surface area contributed by atoms with Gasteiger partial charge in [0.1, 0.15) is 22.3 Å². The van der Waals surface area contributed by atoms with Crippen molar-refractivity contribution >= 4 is 43.9 Å². The van der Waals surface area contributed by atoms with E-state index in [0.29, 0.717) is 33.7 Å². The topological polar surface area (TPSA) is 65.0 Å². The lowest BCUT2D eigenvalue weighted by atomic mass is 9.96. The Hall–Kier alpha value is -6.85. The van der Waals surface area contributed by atoms with Gasteiger partial charge in [0.15, 0.2) is 17.5 Å². The van der Waals surface area contributed by atoms with Gasteiger partial charge in [0.05, 0.1) is 8.22 Å². The Kier molecular flexibility index (Phi) is 5.17. The van der Waals surface area contributed by atoms with E-state index < -0.39 is 0 Å². The molecule has 5 heteroatoms. The highest BCUT2D eigenvalue weighted by Gasteiger charge is 2.19. The summed E-state index contributed by atoms with van der Waals surface area (Å²) in [5.41, 5.74) is 5.22. The number of rotatable bonds is 5. The maximum Gasteiger partial charge on any atom is 0.164 e. The van der Waals surface area contributed by atoms with E-state index in [1.807, 2.05) is 127 Å². The quantitative estimate of drug-likeness (QED) is 0.186. The van der Waals surface area contributed by atoms with Crippen LogP contribution in [0.4, 0.5) is 0 Å². The number of furan rings is 2. The second-order valence-corrected chi connectivity index (χ2v) is 11.9. The third kappa shape index (κ3) is 4.67. The maximum atomic E-state index is 9.54. The molecule has 3 heterocycles. The average molecular weight is 648 g/mol. The summed E-state index contributed by atoms with van der Waals surface area (Å²) in [4.78, 5) is 14.6. The second kappa shape index (κ2) is 11.4. The van der Waals surface area contributed by atoms with Crippen molar-refractivity contribution in [3.63, 3.8) is 0 Å². The Labute approximate surface area is 295 Å². The highest BCUT2D eigenvalue weighted by atomic mass is 16.3. The Bertz CT molecular complexity index is 3220. The van der Waals surface area contributed by atoms with E-state index >= 15 is 0 Å². The van der Waals surface area contributed by atoms with Gasteiger partial charge in [-0.25, -0.2) is 15.0 Å². The molecule has 0 fully saturated rings. The lowest BCUT2D eigenvalue weighted by Crippen LogP contribution is -2.00. The molecule has 0 amide bonds. The predicted octanol–water partition coefficient (Wildman–Crippen LogP) is 12.0. The first-order valence-electron chi connectivity index (χ1n) is 19.1. The van der Waals surface area contributed by atoms with Crippen LogP contribution >= 0.6 is 0 Å². The van der Waals surface area contributed by atoms with Gasteiger partial charge in [-0.05, 0) is 58.6 Å². The lowest BCUT2D eigenvalue weighted by Gasteiger charge is -2.09. The third-order valence-corrected chi connectivity index (χ3v) is 8.87. The van der Waals surface area contributed by atoms with Gasteiger partial charge in [0.2, 0.25) is 0 Å². The number of aromatic nitrogens is 3. The van der Waals surface area contributed by atoms with Crippen LogP contribution in [0.15, 0.2) is 172 Å². The van der Waals surface area contributed by atoms with Crippen molar-refractivity contribution in [3.05, 3.63) is 164 Å². The van der Waals surface area contributed by atoms with Crippen LogP contribution in [0.25, 0.3) is 100 Å². The molecule has 0 radical (unpaired) electrons. The Morgan fingerprint density at radius 2 is 1.04 bits per heavy atom. The second-order valence-electron chi connectivity index (χ2n) is 11.9. The van der Waals surface area contributed by atoms with Gasteiger partial charge >= 0.3 is 0 Å². The van der Waals surface area contributed by atoms with E-state index in [9.17, 15) is 4.11 Å². The van der Waals surface area contributed by atoms with Gasteiger partial charge in [-0.15, -0.1) is 0 Å². The molecule has 0 spiro atoms. The van der Waals surface area contributed by atoms with Crippen LogP contribution in [0.3, 0.4) is 0 Å². The van der Waals surface area contributed by atoms with E-state index in [0.717, 1.165) is 21.9 Å². The smallest absolute Gasteiger partial charge is 0.164 e. The minimum absolute atomic E-state index is 0.00578. The first-order valence-corrected chi connectivity index (χ1v) is 16.1. The fourth-order valence-corrected chi connectivity index (χ4v) is 6.55. The van der Waals surface area contributed by atoms with Crippen LogP contribution in [0.1, 0.15) is 8.22 Å². The van der Waals surface area contributed by atoms with Gasteiger partial charge in [-0.2, -0.15) is 0 Å². The third-order valence-electron chi connectivity index (χ3n) is 8.87. The summed E-state index contributed by atoms with van der Waals surface area (Å²) in [5.74, 6) is 0.582. The van der Waals surface area contributed by atoms with Crippen LogP contribution in [-0.2, 0) is 0 Å². The summed E-state index contributed by atoms with van der Waals surface area (Å²) in [6.45, 7) is 0. The molecule has 7 aromatic carbocycles. The molecular weight excluding hydrogens is 615 g/mol. The van der Waals surface area contributed by atoms with E-state index in [-0.39, 0.29) is 81.0 Å². The van der Waals surface area contributed by atoms with Crippen molar-refractivity contribution in [1.29, 1.82) is 0 Å². The summed E-state index contributed by atoms with van der Waals surface area (Å²) in [5, 5.41) is 2.01. The fraction of sp³-hybridized carbons (Fsp3) is 0. The molecule has 50 heavy (non-hydrogen) atoms. The molecule has 0 saturated carbocycles. The molecule has 234 valence electrons. The summed E-state index contributed by atoms with van der Waals surface area (Å²) >= 11 is 0. The number of para-hydroxylation sites is 1. The number of hydrogen-bond acceptors (Lipinski definition) is 5. The molecule has 10 rings (SSSR count). The number of hydrogen-bond donors (Lipinski definition) is 0. The fourth-order valence-electron chi connectivity index (χ4n) is 6.55. The molecule has 0 aliphatic rings. The zero-order valence-electron chi connectivity index (χ0n) is 32.3. The normalized spacial score (nSPS) is 13.3. The molecule has 3 aromatic heterocycles. The van der Waals surface area contributed by atoms with Crippen molar-refractivity contribution < 1.29 is 17.1 Å². The predicted molar refractivity (Wildman–Crippen MR) is 202 cm³/mol. The van der Waals surface area contributed by atoms with E-state index in [1.54, 1.807) is 0 Å². The van der Waals surface area contributed by atoms with E-state index in [1.165, 1.54) is 0 Å². The summed E-state index contributed by atoms with van der Waals surface area (Å²) in [7, 11) is 0. The molecule has 5 nitrogen and oxygen atoms in total. The highest BCUT2D eigenvalue weighted by Crippen LogP contribution is 2.40. The number of fused-ring (bicyclic) bond motifs is 6. The zero-order valence-corrected chi connectivity index (χ0v) is 26.3. The Balaban J connectivity index is 1.25. The number of benzene rings is 7.